The fraction of sp³-hybridized carbons (Fsp3) is 0.429. The second-order valence-electron chi connectivity index (χ2n) is 7.11. The quantitative estimate of drug-likeness (QED) is 0.879. The first-order chi connectivity index (χ1) is 13.0. The lowest BCUT2D eigenvalue weighted by atomic mass is 10.0. The number of aromatic nitrogens is 1. The van der Waals surface area contributed by atoms with Crippen molar-refractivity contribution < 1.29 is 9.18 Å². The lowest BCUT2D eigenvalue weighted by molar-refractivity contribution is 0.0898. The van der Waals surface area contributed by atoms with Crippen LogP contribution in [0.3, 0.4) is 0 Å². The van der Waals surface area contributed by atoms with Crippen LogP contribution in [0.25, 0.3) is 0 Å². The van der Waals surface area contributed by atoms with E-state index in [4.69, 9.17) is 0 Å². The first-order valence-corrected chi connectivity index (χ1v) is 9.46. The third-order valence-electron chi connectivity index (χ3n) is 5.11. The number of carbonyl (C=O) groups excluding carboxylic acids is 1. The lowest BCUT2D eigenvalue weighted by Gasteiger charge is -2.33. The molecule has 1 aliphatic rings. The van der Waals surface area contributed by atoms with E-state index in [1.54, 1.807) is 22.8 Å². The second-order valence-corrected chi connectivity index (χ2v) is 7.11. The Morgan fingerprint density at radius 3 is 2.67 bits per heavy atom. The summed E-state index contributed by atoms with van der Waals surface area (Å²) in [5, 5.41) is 3.02. The van der Waals surface area contributed by atoms with Crippen LogP contribution in [-0.4, -0.2) is 34.5 Å². The molecule has 1 amide bonds. The number of benzene rings is 1. The van der Waals surface area contributed by atoms with Gasteiger partial charge in [-0.05, 0) is 63.1 Å². The Morgan fingerprint density at radius 2 is 1.96 bits per heavy atom. The molecule has 2 heterocycles. The molecule has 5 nitrogen and oxygen atoms in total. The van der Waals surface area contributed by atoms with E-state index in [0.717, 1.165) is 43.7 Å². The minimum atomic E-state index is -0.309. The number of pyridine rings is 1. The molecule has 0 radical (unpaired) electrons. The van der Waals surface area contributed by atoms with Gasteiger partial charge in [-0.1, -0.05) is 12.1 Å². The number of likely N-dealkylation sites (tertiary alicyclic amines) is 1. The summed E-state index contributed by atoms with van der Waals surface area (Å²) < 4.78 is 14.7. The van der Waals surface area contributed by atoms with E-state index in [-0.39, 0.29) is 28.9 Å². The fourth-order valence-corrected chi connectivity index (χ4v) is 3.66. The molecule has 1 aromatic heterocycles. The maximum Gasteiger partial charge on any atom is 0.263 e. The smallest absolute Gasteiger partial charge is 0.263 e. The Hall–Kier alpha value is -2.47. The molecule has 1 atom stereocenters. The highest BCUT2D eigenvalue weighted by Gasteiger charge is 2.23. The molecule has 1 aromatic carbocycles. The zero-order chi connectivity index (χ0) is 19.4. The molecule has 144 valence electrons. The predicted molar refractivity (Wildman–Crippen MR) is 103 cm³/mol. The Balaban J connectivity index is 1.64. The van der Waals surface area contributed by atoms with E-state index in [1.807, 2.05) is 19.9 Å². The first-order valence-electron chi connectivity index (χ1n) is 9.46. The minimum Gasteiger partial charge on any atom is -0.348 e. The number of aryl methyl sites for hydroxylation is 1. The van der Waals surface area contributed by atoms with E-state index < -0.39 is 0 Å². The summed E-state index contributed by atoms with van der Waals surface area (Å²) in [5.41, 5.74) is 1.85. The SMILES string of the molecule is CCn1c(C)ccc(C(=O)NC2CCCN(Cc3ccc(F)cc3)C2)c1=O. The molecule has 1 unspecified atom stereocenters. The molecule has 1 fully saturated rings. The van der Waals surface area contributed by atoms with Gasteiger partial charge >= 0.3 is 0 Å². The number of nitrogens with one attached hydrogen (secondary N) is 1. The van der Waals surface area contributed by atoms with Gasteiger partial charge in [-0.2, -0.15) is 0 Å². The van der Waals surface area contributed by atoms with Crippen molar-refractivity contribution in [1.29, 1.82) is 0 Å². The number of halogens is 1. The lowest BCUT2D eigenvalue weighted by Crippen LogP contribution is -2.48. The highest BCUT2D eigenvalue weighted by atomic mass is 19.1. The van der Waals surface area contributed by atoms with E-state index in [1.165, 1.54) is 12.1 Å². The van der Waals surface area contributed by atoms with E-state index in [0.29, 0.717) is 6.54 Å². The summed E-state index contributed by atoms with van der Waals surface area (Å²) in [6.45, 7) is 6.68. The van der Waals surface area contributed by atoms with Crippen molar-refractivity contribution in [2.75, 3.05) is 13.1 Å². The topological polar surface area (TPSA) is 54.3 Å². The standard InChI is InChI=1S/C21H26FN3O2/c1-3-25-15(2)6-11-19(21(25)27)20(26)23-18-5-4-12-24(14-18)13-16-7-9-17(22)10-8-16/h6-11,18H,3-5,12-14H2,1-2H3,(H,23,26). The second kappa shape index (κ2) is 8.48. The third-order valence-corrected chi connectivity index (χ3v) is 5.11. The molecule has 1 N–H and O–H groups in total. The van der Waals surface area contributed by atoms with Crippen molar-refractivity contribution >= 4 is 5.91 Å². The molecule has 1 aliphatic heterocycles. The number of amides is 1. The minimum absolute atomic E-state index is 0.00229. The summed E-state index contributed by atoms with van der Waals surface area (Å²) in [5.74, 6) is -0.547. The fourth-order valence-electron chi connectivity index (χ4n) is 3.66. The van der Waals surface area contributed by atoms with Crippen LogP contribution in [0, 0.1) is 12.7 Å². The number of hydrogen-bond donors (Lipinski definition) is 1. The van der Waals surface area contributed by atoms with Crippen molar-refractivity contribution in [1.82, 2.24) is 14.8 Å². The molecule has 0 spiro atoms. The predicted octanol–water partition coefficient (Wildman–Crippen LogP) is 2.71. The van der Waals surface area contributed by atoms with Gasteiger partial charge in [-0.25, -0.2) is 4.39 Å². The molecule has 3 rings (SSSR count). The number of rotatable bonds is 5. The van der Waals surface area contributed by atoms with Crippen LogP contribution in [0.5, 0.6) is 0 Å². The Kier molecular flexibility index (Phi) is 6.06. The van der Waals surface area contributed by atoms with Crippen molar-refractivity contribution in [2.24, 2.45) is 0 Å². The molecule has 2 aromatic rings. The average molecular weight is 371 g/mol. The van der Waals surface area contributed by atoms with E-state index >= 15 is 0 Å². The molecular formula is C21H26FN3O2. The normalized spacial score (nSPS) is 17.7. The zero-order valence-corrected chi connectivity index (χ0v) is 15.9. The van der Waals surface area contributed by atoms with Gasteiger partial charge in [0.25, 0.3) is 11.5 Å². The van der Waals surface area contributed by atoms with Crippen LogP contribution in [0.1, 0.15) is 41.4 Å². The van der Waals surface area contributed by atoms with Gasteiger partial charge in [0.15, 0.2) is 0 Å². The van der Waals surface area contributed by atoms with Gasteiger partial charge in [-0.15, -0.1) is 0 Å². The highest BCUT2D eigenvalue weighted by molar-refractivity contribution is 5.94. The first kappa shape index (κ1) is 19.3. The van der Waals surface area contributed by atoms with Crippen molar-refractivity contribution in [3.8, 4) is 0 Å². The van der Waals surface area contributed by atoms with Crippen LogP contribution >= 0.6 is 0 Å². The molecule has 6 heteroatoms. The molecule has 0 bridgehead atoms. The van der Waals surface area contributed by atoms with E-state index in [9.17, 15) is 14.0 Å². The van der Waals surface area contributed by atoms with Crippen molar-refractivity contribution in [2.45, 2.75) is 45.8 Å². The largest absolute Gasteiger partial charge is 0.348 e. The van der Waals surface area contributed by atoms with Crippen LogP contribution in [0.2, 0.25) is 0 Å². The number of nitrogens with zero attached hydrogens (tertiary/aromatic N) is 2. The molecule has 27 heavy (non-hydrogen) atoms. The monoisotopic (exact) mass is 371 g/mol. The summed E-state index contributed by atoms with van der Waals surface area (Å²) in [4.78, 5) is 27.4. The van der Waals surface area contributed by atoms with Crippen LogP contribution < -0.4 is 10.9 Å². The zero-order valence-electron chi connectivity index (χ0n) is 15.9. The van der Waals surface area contributed by atoms with Crippen LogP contribution in [0.15, 0.2) is 41.2 Å². The molecule has 1 saturated heterocycles. The van der Waals surface area contributed by atoms with E-state index in [2.05, 4.69) is 10.2 Å². The maximum absolute atomic E-state index is 13.1. The molecule has 0 aliphatic carbocycles. The van der Waals surface area contributed by atoms with Gasteiger partial charge in [-0.3, -0.25) is 14.5 Å². The average Bonchev–Trinajstić information content (AvgIpc) is 2.64. The van der Waals surface area contributed by atoms with Gasteiger partial charge in [0.05, 0.1) is 0 Å². The highest BCUT2D eigenvalue weighted by Crippen LogP contribution is 2.14. The van der Waals surface area contributed by atoms with Gasteiger partial charge < -0.3 is 9.88 Å². The summed E-state index contributed by atoms with van der Waals surface area (Å²) in [7, 11) is 0. The number of piperidine rings is 1. The summed E-state index contributed by atoms with van der Waals surface area (Å²) in [6.07, 6.45) is 1.86. The van der Waals surface area contributed by atoms with Gasteiger partial charge in [0, 0.05) is 31.4 Å². The molecule has 0 saturated carbocycles. The number of hydrogen-bond acceptors (Lipinski definition) is 3. The van der Waals surface area contributed by atoms with Crippen molar-refractivity contribution in [3.05, 3.63) is 69.4 Å². The third kappa shape index (κ3) is 4.63. The molecular weight excluding hydrogens is 345 g/mol. The van der Waals surface area contributed by atoms with Crippen LogP contribution in [0.4, 0.5) is 4.39 Å². The maximum atomic E-state index is 13.1. The summed E-state index contributed by atoms with van der Waals surface area (Å²) in [6, 6.07) is 9.93. The Morgan fingerprint density at radius 1 is 1.22 bits per heavy atom. The van der Waals surface area contributed by atoms with Gasteiger partial charge in [0.2, 0.25) is 0 Å². The van der Waals surface area contributed by atoms with Crippen molar-refractivity contribution in [3.63, 3.8) is 0 Å². The number of carbonyl (C=O) groups is 1. The Labute approximate surface area is 158 Å². The Bertz CT molecular complexity index is 861. The van der Waals surface area contributed by atoms with Crippen LogP contribution in [-0.2, 0) is 13.1 Å². The van der Waals surface area contributed by atoms with Gasteiger partial charge in [0.1, 0.15) is 11.4 Å². The summed E-state index contributed by atoms with van der Waals surface area (Å²) >= 11 is 0.